The van der Waals surface area contributed by atoms with Crippen LogP contribution in [0.2, 0.25) is 0 Å². The second kappa shape index (κ2) is 9.99. The van der Waals surface area contributed by atoms with Crippen molar-refractivity contribution in [3.05, 3.63) is 157 Å². The molecule has 0 aliphatic rings. The van der Waals surface area contributed by atoms with Crippen molar-refractivity contribution in [3.63, 3.8) is 0 Å². The van der Waals surface area contributed by atoms with Crippen molar-refractivity contribution < 1.29 is 4.42 Å². The first-order chi connectivity index (χ1) is 25.7. The fourth-order valence-corrected chi connectivity index (χ4v) is 8.36. The quantitative estimate of drug-likeness (QED) is 0.184. The van der Waals surface area contributed by atoms with Gasteiger partial charge < -0.3 is 8.98 Å². The maximum atomic E-state index is 6.50. The van der Waals surface area contributed by atoms with Crippen LogP contribution in [-0.2, 0) is 0 Å². The Morgan fingerprint density at radius 3 is 1.52 bits per heavy atom. The van der Waals surface area contributed by atoms with Gasteiger partial charge in [-0.1, -0.05) is 66.2 Å². The van der Waals surface area contributed by atoms with Crippen LogP contribution in [-0.4, -0.2) is 27.9 Å². The molecule has 52 heavy (non-hydrogen) atoms. The lowest BCUT2D eigenvalue weighted by molar-refractivity contribution is 0.669. The van der Waals surface area contributed by atoms with Gasteiger partial charge in [0, 0.05) is 27.2 Å². The van der Waals surface area contributed by atoms with Crippen molar-refractivity contribution in [2.45, 2.75) is 6.92 Å². The Morgan fingerprint density at radius 2 is 0.904 bits per heavy atom. The Hall–Kier alpha value is -7.12. The van der Waals surface area contributed by atoms with E-state index in [4.69, 9.17) is 14.4 Å². The second-order valence-electron chi connectivity index (χ2n) is 13.6. The molecule has 0 fully saturated rings. The molecule has 7 aromatic carbocycles. The summed E-state index contributed by atoms with van der Waals surface area (Å²) in [6, 6.07) is 53.5. The largest absolute Gasteiger partial charge is 0.456 e. The Balaban J connectivity index is 1.20. The molecule has 12 rings (SSSR count). The van der Waals surface area contributed by atoms with Gasteiger partial charge in [0.15, 0.2) is 0 Å². The summed E-state index contributed by atoms with van der Waals surface area (Å²) in [7, 11) is 0. The summed E-state index contributed by atoms with van der Waals surface area (Å²) in [4.78, 5) is 10.6. The normalized spacial score (nSPS) is 12.3. The summed E-state index contributed by atoms with van der Waals surface area (Å²) >= 11 is 0. The molecule has 0 aliphatic heterocycles. The van der Waals surface area contributed by atoms with Gasteiger partial charge in [0.05, 0.1) is 49.8 Å². The molecule has 7 heteroatoms. The van der Waals surface area contributed by atoms with E-state index in [0.717, 1.165) is 78.0 Å². The maximum absolute atomic E-state index is 6.50. The smallest absolute Gasteiger partial charge is 0.223 e. The molecule has 0 bridgehead atoms. The Kier molecular flexibility index (Phi) is 5.32. The molecule has 0 saturated heterocycles. The van der Waals surface area contributed by atoms with Gasteiger partial charge in [-0.3, -0.25) is 8.80 Å². The van der Waals surface area contributed by atoms with Crippen molar-refractivity contribution in [3.8, 4) is 11.4 Å². The Morgan fingerprint density at radius 1 is 0.404 bits per heavy atom. The highest BCUT2D eigenvalue weighted by molar-refractivity contribution is 6.11. The predicted octanol–water partition coefficient (Wildman–Crippen LogP) is 11.1. The zero-order valence-electron chi connectivity index (χ0n) is 28.0. The summed E-state index contributed by atoms with van der Waals surface area (Å²) < 4.78 is 15.6. The third-order valence-electron chi connectivity index (χ3n) is 10.6. The molecule has 0 spiro atoms. The predicted molar refractivity (Wildman–Crippen MR) is 211 cm³/mol. The number of hydrogen-bond acceptors (Lipinski definition) is 3. The van der Waals surface area contributed by atoms with E-state index in [9.17, 15) is 0 Å². The molecule has 0 radical (unpaired) electrons. The second-order valence-corrected chi connectivity index (χ2v) is 13.6. The summed E-state index contributed by atoms with van der Waals surface area (Å²) in [5.41, 5.74) is 13.3. The van der Waals surface area contributed by atoms with Gasteiger partial charge in [0.1, 0.15) is 11.2 Å². The van der Waals surface area contributed by atoms with Crippen LogP contribution in [0.1, 0.15) is 5.56 Å². The lowest BCUT2D eigenvalue weighted by Gasteiger charge is -2.09. The highest BCUT2D eigenvalue weighted by Gasteiger charge is 2.20. The first-order valence-electron chi connectivity index (χ1n) is 17.5. The van der Waals surface area contributed by atoms with Crippen LogP contribution in [0.3, 0.4) is 0 Å². The minimum atomic E-state index is 0.774. The molecular formula is C45H28N6O. The number of hydrogen-bond donors (Lipinski definition) is 0. The highest BCUT2D eigenvalue weighted by atomic mass is 16.3. The van der Waals surface area contributed by atoms with Crippen LogP contribution < -0.4 is 0 Å². The van der Waals surface area contributed by atoms with Gasteiger partial charge in [0.2, 0.25) is 11.6 Å². The van der Waals surface area contributed by atoms with E-state index in [-0.39, 0.29) is 0 Å². The van der Waals surface area contributed by atoms with Gasteiger partial charge in [-0.2, -0.15) is 0 Å². The SMILES string of the molecule is Cc1ccc2c(c1)c1ccccc1n2-c1ccc2oc3ccc(-n4c5nc6ccccc6n5c5ccccc5n5c6ccccc6nc45)cc3c2c1. The fraction of sp³-hybridized carbons (Fsp3) is 0.0222. The third-order valence-corrected chi connectivity index (χ3v) is 10.6. The van der Waals surface area contributed by atoms with Crippen molar-refractivity contribution in [1.82, 2.24) is 27.9 Å². The van der Waals surface area contributed by atoms with Crippen molar-refractivity contribution in [2.24, 2.45) is 0 Å². The minimum absolute atomic E-state index is 0.774. The molecule has 12 aromatic rings. The number of rotatable bonds is 2. The third kappa shape index (κ3) is 3.63. The number of benzene rings is 7. The molecule has 0 aliphatic carbocycles. The number of imidazole rings is 2. The average molecular weight is 669 g/mol. The van der Waals surface area contributed by atoms with E-state index in [1.807, 2.05) is 12.1 Å². The number of fused-ring (bicyclic) bond motifs is 15. The van der Waals surface area contributed by atoms with Crippen LogP contribution in [0.5, 0.6) is 0 Å². The van der Waals surface area contributed by atoms with E-state index < -0.39 is 0 Å². The molecule has 7 nitrogen and oxygen atoms in total. The summed E-state index contributed by atoms with van der Waals surface area (Å²) in [5.74, 6) is 1.55. The van der Waals surface area contributed by atoms with Crippen LogP contribution in [0.4, 0.5) is 0 Å². The minimum Gasteiger partial charge on any atom is -0.456 e. The number of aromatic nitrogens is 6. The molecule has 5 heterocycles. The summed E-state index contributed by atoms with van der Waals surface area (Å²) in [6.07, 6.45) is 0. The van der Waals surface area contributed by atoms with Crippen molar-refractivity contribution >= 4 is 88.4 Å². The number of nitrogens with zero attached hydrogens (tertiary/aromatic N) is 6. The lowest BCUT2D eigenvalue weighted by Crippen LogP contribution is -2.01. The molecule has 0 amide bonds. The van der Waals surface area contributed by atoms with Crippen LogP contribution >= 0.6 is 0 Å². The van der Waals surface area contributed by atoms with E-state index in [1.165, 1.54) is 27.4 Å². The molecule has 0 atom stereocenters. The van der Waals surface area contributed by atoms with E-state index in [1.54, 1.807) is 0 Å². The standard InChI is InChI=1S/C45H28N6O/c1-27-18-21-37-31(24-27)30-10-2-5-13-36(30)48(37)28-19-22-42-32(25-28)33-26-29(20-23-43(33)52-42)49-44-46-34-11-3-6-14-38(34)50(44)40-16-8-9-17-41(40)51-39-15-7-4-12-35(39)47-45(49)51/h2-26H,1H3. The molecule has 5 aromatic heterocycles. The average Bonchev–Trinajstić information content (AvgIpc) is 3.92. The number of furan rings is 1. The number of aryl methyl sites for hydroxylation is 1. The van der Waals surface area contributed by atoms with E-state index in [0.29, 0.717) is 0 Å². The van der Waals surface area contributed by atoms with Gasteiger partial charge in [-0.15, -0.1) is 0 Å². The van der Waals surface area contributed by atoms with Gasteiger partial charge in [0.25, 0.3) is 0 Å². The van der Waals surface area contributed by atoms with Crippen LogP contribution in [0.15, 0.2) is 156 Å². The molecule has 0 N–H and O–H groups in total. The summed E-state index contributed by atoms with van der Waals surface area (Å²) in [5, 5.41) is 4.57. The first kappa shape index (κ1) is 27.7. The zero-order valence-corrected chi connectivity index (χ0v) is 28.0. The van der Waals surface area contributed by atoms with Gasteiger partial charge >= 0.3 is 0 Å². The topological polar surface area (TPSA) is 57.6 Å². The molecule has 0 unspecified atom stereocenters. The Bertz CT molecular complexity index is 3380. The zero-order chi connectivity index (χ0) is 34.1. The first-order valence-corrected chi connectivity index (χ1v) is 17.5. The van der Waals surface area contributed by atoms with Gasteiger partial charge in [-0.25, -0.2) is 14.5 Å². The van der Waals surface area contributed by atoms with Crippen LogP contribution in [0, 0.1) is 6.92 Å². The Labute approximate surface area is 295 Å². The monoisotopic (exact) mass is 668 g/mol. The number of para-hydroxylation sites is 7. The maximum Gasteiger partial charge on any atom is 0.223 e. The van der Waals surface area contributed by atoms with E-state index >= 15 is 0 Å². The van der Waals surface area contributed by atoms with Crippen molar-refractivity contribution in [2.75, 3.05) is 0 Å². The van der Waals surface area contributed by atoms with Crippen LogP contribution in [0.25, 0.3) is 99.8 Å². The molecular weight excluding hydrogens is 641 g/mol. The van der Waals surface area contributed by atoms with E-state index in [2.05, 4.69) is 164 Å². The molecule has 0 saturated carbocycles. The highest BCUT2D eigenvalue weighted by Crippen LogP contribution is 2.37. The fourth-order valence-electron chi connectivity index (χ4n) is 8.36. The van der Waals surface area contributed by atoms with Crippen molar-refractivity contribution in [1.29, 1.82) is 0 Å². The van der Waals surface area contributed by atoms with Gasteiger partial charge in [-0.05, 0) is 97.9 Å². The summed E-state index contributed by atoms with van der Waals surface area (Å²) in [6.45, 7) is 2.15. The molecule has 244 valence electrons. The lowest BCUT2D eigenvalue weighted by atomic mass is 10.1.